The number of ether oxygens (including phenoxy) is 2. The number of aromatic hydroxyl groups is 1. The van der Waals surface area contributed by atoms with Crippen LogP contribution in [0.2, 0.25) is 0 Å². The maximum Gasteiger partial charge on any atom is 0.408 e. The summed E-state index contributed by atoms with van der Waals surface area (Å²) in [6.07, 6.45) is 8.99. The van der Waals surface area contributed by atoms with Gasteiger partial charge in [-0.3, -0.25) is 19.1 Å². The number of amides is 4. The molecular formula is C40H53N5O9S. The molecule has 0 unspecified atom stereocenters. The number of aromatic nitrogens is 1. The molecule has 2 aromatic rings. The first-order chi connectivity index (χ1) is 25.8. The first-order valence-electron chi connectivity index (χ1n) is 19.5. The van der Waals surface area contributed by atoms with E-state index in [1.165, 1.54) is 4.90 Å². The Bertz CT molecular complexity index is 2060. The average Bonchev–Trinajstić information content (AvgIpc) is 3.76. The molecule has 4 heterocycles. The highest BCUT2D eigenvalue weighted by Crippen LogP contribution is 2.47. The lowest BCUT2D eigenvalue weighted by Crippen LogP contribution is -2.70. The number of pyridine rings is 1. The van der Waals surface area contributed by atoms with E-state index < -0.39 is 73.3 Å². The Morgan fingerprint density at radius 1 is 1.09 bits per heavy atom. The lowest BCUT2D eigenvalue weighted by atomic mass is 9.65. The van der Waals surface area contributed by atoms with Gasteiger partial charge >= 0.3 is 6.09 Å². The lowest BCUT2D eigenvalue weighted by molar-refractivity contribution is -0.144. The third kappa shape index (κ3) is 7.48. The Morgan fingerprint density at radius 2 is 1.85 bits per heavy atom. The number of phenolic OH excluding ortho intramolecular Hbond substituents is 1. The SMILES string of the molecule is Cc1nc2ccc(O)cc2c2c1O[C@]1(CC2)C[C@H]2C(=O)N[C@]3(C(=O)NS(=O)(=O)C4(C)CC4)CC[C@H]3/C=C\CCCCC[C@H](NC(=O)OC(C)(C)C)C(=O)N2C1. The highest BCUT2D eigenvalue weighted by molar-refractivity contribution is 7.91. The van der Waals surface area contributed by atoms with Crippen LogP contribution in [0, 0.1) is 12.8 Å². The standard InChI is InChI=1S/C40H53N5O9S/c1-24-32-27(28-21-26(46)13-14-29(28)41-24)16-17-39(53-32)22-31-33(47)43-40(35(49)44-55(51,52)38(5)19-20-38)18-15-25(40)11-9-7-6-8-10-12-30(34(48)45(31)23-39)42-36(50)54-37(2,3)4/h9,11,13-14,21,25,30-31,46H,6-8,10,12,15-20,22-23H2,1-5H3,(H,42,50)(H,43,47)(H,44,49)/b11-9-/t25-,30+,31+,39-,40-/m1/s1. The van der Waals surface area contributed by atoms with E-state index in [4.69, 9.17) is 14.5 Å². The van der Waals surface area contributed by atoms with E-state index in [1.54, 1.807) is 45.9 Å². The number of aryl methyl sites for hydroxylation is 2. The summed E-state index contributed by atoms with van der Waals surface area (Å²) in [5.74, 6) is -1.69. The van der Waals surface area contributed by atoms with Crippen LogP contribution >= 0.6 is 0 Å². The smallest absolute Gasteiger partial charge is 0.408 e. The summed E-state index contributed by atoms with van der Waals surface area (Å²) in [5, 5.41) is 16.8. The van der Waals surface area contributed by atoms with Crippen molar-refractivity contribution < 1.29 is 42.2 Å². The molecule has 3 fully saturated rings. The first kappa shape index (κ1) is 38.9. The van der Waals surface area contributed by atoms with Crippen LogP contribution in [0.1, 0.15) is 110 Å². The van der Waals surface area contributed by atoms with Crippen molar-refractivity contribution in [2.45, 2.75) is 145 Å². The molecule has 5 aliphatic rings. The number of nitrogens with one attached hydrogen (secondary N) is 3. The third-order valence-corrected chi connectivity index (χ3v) is 14.3. The molecule has 4 amide bonds. The number of hydrogen-bond acceptors (Lipinski definition) is 10. The van der Waals surface area contributed by atoms with E-state index in [-0.39, 0.29) is 25.1 Å². The van der Waals surface area contributed by atoms with E-state index in [2.05, 4.69) is 15.4 Å². The monoisotopic (exact) mass is 779 g/mol. The van der Waals surface area contributed by atoms with Crippen molar-refractivity contribution in [2.75, 3.05) is 6.54 Å². The Balaban J connectivity index is 1.25. The molecule has 0 radical (unpaired) electrons. The van der Waals surface area contributed by atoms with E-state index >= 15 is 0 Å². The predicted octanol–water partition coefficient (Wildman–Crippen LogP) is 4.59. The van der Waals surface area contributed by atoms with Gasteiger partial charge < -0.3 is 30.1 Å². The minimum atomic E-state index is -4.01. The van der Waals surface area contributed by atoms with Crippen molar-refractivity contribution in [3.8, 4) is 11.5 Å². The molecule has 15 heteroatoms. The Labute approximate surface area is 322 Å². The van der Waals surface area contributed by atoms with Crippen molar-refractivity contribution in [1.82, 2.24) is 25.2 Å². The van der Waals surface area contributed by atoms with Gasteiger partial charge in [0.15, 0.2) is 0 Å². The van der Waals surface area contributed by atoms with E-state index in [9.17, 15) is 32.7 Å². The summed E-state index contributed by atoms with van der Waals surface area (Å²) in [4.78, 5) is 62.9. The second-order valence-electron chi connectivity index (χ2n) is 17.4. The van der Waals surface area contributed by atoms with E-state index in [0.717, 1.165) is 23.8 Å². The fourth-order valence-corrected chi connectivity index (χ4v) is 9.81. The summed E-state index contributed by atoms with van der Waals surface area (Å²) < 4.78 is 40.2. The predicted molar refractivity (Wildman–Crippen MR) is 204 cm³/mol. The normalized spacial score (nSPS) is 29.9. The van der Waals surface area contributed by atoms with Crippen LogP contribution in [-0.2, 0) is 35.6 Å². The van der Waals surface area contributed by atoms with Crippen LogP contribution in [0.15, 0.2) is 30.4 Å². The van der Waals surface area contributed by atoms with Gasteiger partial charge in [-0.1, -0.05) is 25.0 Å². The number of sulfonamides is 1. The van der Waals surface area contributed by atoms with Gasteiger partial charge in [-0.25, -0.2) is 18.2 Å². The van der Waals surface area contributed by atoms with Gasteiger partial charge in [0.1, 0.15) is 40.3 Å². The molecule has 1 spiro atoms. The minimum absolute atomic E-state index is 0.0165. The summed E-state index contributed by atoms with van der Waals surface area (Å²) in [6, 6.07) is 2.86. The molecular weight excluding hydrogens is 727 g/mol. The Hall–Kier alpha value is -4.40. The number of allylic oxidation sites excluding steroid dienone is 1. The van der Waals surface area contributed by atoms with Gasteiger partial charge in [0, 0.05) is 23.3 Å². The van der Waals surface area contributed by atoms with Gasteiger partial charge in [0.2, 0.25) is 21.8 Å². The maximum absolute atomic E-state index is 14.8. The fraction of sp³-hybridized carbons (Fsp3) is 0.625. The van der Waals surface area contributed by atoms with Crippen molar-refractivity contribution in [1.29, 1.82) is 0 Å². The molecule has 5 atom stereocenters. The van der Waals surface area contributed by atoms with E-state index in [0.29, 0.717) is 68.3 Å². The number of rotatable bonds is 4. The molecule has 1 aromatic heterocycles. The second kappa shape index (κ2) is 14.0. The lowest BCUT2D eigenvalue weighted by Gasteiger charge is -2.48. The zero-order valence-corrected chi connectivity index (χ0v) is 33.1. The molecule has 0 bridgehead atoms. The number of phenols is 1. The van der Waals surface area contributed by atoms with Crippen LogP contribution in [-0.4, -0.2) is 87.3 Å². The van der Waals surface area contributed by atoms with Crippen LogP contribution in [0.5, 0.6) is 11.5 Å². The molecule has 14 nitrogen and oxygen atoms in total. The van der Waals surface area contributed by atoms with Crippen molar-refractivity contribution in [3.63, 3.8) is 0 Å². The Morgan fingerprint density at radius 3 is 2.55 bits per heavy atom. The highest BCUT2D eigenvalue weighted by Gasteiger charge is 2.59. The quantitative estimate of drug-likeness (QED) is 0.319. The summed E-state index contributed by atoms with van der Waals surface area (Å²) >= 11 is 0. The number of benzene rings is 1. The minimum Gasteiger partial charge on any atom is -0.508 e. The largest absolute Gasteiger partial charge is 0.508 e. The summed E-state index contributed by atoms with van der Waals surface area (Å²) in [7, 11) is -4.01. The Kier molecular flexibility index (Phi) is 9.86. The number of nitrogens with zero attached hydrogens (tertiary/aromatic N) is 2. The van der Waals surface area contributed by atoms with Crippen molar-refractivity contribution >= 4 is 44.7 Å². The maximum atomic E-state index is 14.8. The molecule has 7 rings (SSSR count). The topological polar surface area (TPSA) is 193 Å². The zero-order chi connectivity index (χ0) is 39.6. The highest BCUT2D eigenvalue weighted by atomic mass is 32.2. The first-order valence-corrected chi connectivity index (χ1v) is 21.0. The van der Waals surface area contributed by atoms with Gasteiger partial charge in [-0.2, -0.15) is 0 Å². The fourth-order valence-electron chi connectivity index (χ4n) is 8.50. The molecule has 55 heavy (non-hydrogen) atoms. The third-order valence-electron chi connectivity index (χ3n) is 12.1. The van der Waals surface area contributed by atoms with Gasteiger partial charge in [-0.05, 0) is 111 Å². The van der Waals surface area contributed by atoms with Gasteiger partial charge in [0.05, 0.1) is 22.5 Å². The number of hydrogen-bond donors (Lipinski definition) is 4. The molecule has 1 saturated heterocycles. The van der Waals surface area contributed by atoms with Gasteiger partial charge in [0.25, 0.3) is 5.91 Å². The molecule has 2 saturated carbocycles. The summed E-state index contributed by atoms with van der Waals surface area (Å²) in [5.41, 5.74) is -1.17. The molecule has 4 N–H and O–H groups in total. The molecule has 2 aliphatic carbocycles. The number of carbonyl (C=O) groups is 4. The number of fused-ring (bicyclic) bond motifs is 5. The van der Waals surface area contributed by atoms with Crippen LogP contribution < -0.4 is 20.1 Å². The molecule has 1 aromatic carbocycles. The zero-order valence-electron chi connectivity index (χ0n) is 32.3. The van der Waals surface area contributed by atoms with Gasteiger partial charge in [-0.15, -0.1) is 0 Å². The van der Waals surface area contributed by atoms with Crippen LogP contribution in [0.4, 0.5) is 4.79 Å². The van der Waals surface area contributed by atoms with Crippen LogP contribution in [0.25, 0.3) is 10.9 Å². The molecule has 3 aliphatic heterocycles. The van der Waals surface area contributed by atoms with Crippen LogP contribution in [0.3, 0.4) is 0 Å². The molecule has 298 valence electrons. The number of alkyl carbamates (subject to hydrolysis) is 1. The average molecular weight is 780 g/mol. The second-order valence-corrected chi connectivity index (χ2v) is 19.6. The van der Waals surface area contributed by atoms with Crippen molar-refractivity contribution in [3.05, 3.63) is 41.6 Å². The van der Waals surface area contributed by atoms with E-state index in [1.807, 2.05) is 19.1 Å². The summed E-state index contributed by atoms with van der Waals surface area (Å²) in [6.45, 7) is 8.65. The van der Waals surface area contributed by atoms with Crippen molar-refractivity contribution in [2.24, 2.45) is 5.92 Å². The number of carbonyl (C=O) groups excluding carboxylic acids is 4.